The van der Waals surface area contributed by atoms with Crippen molar-refractivity contribution in [2.75, 3.05) is 18.6 Å². The first-order valence-electron chi connectivity index (χ1n) is 10.2. The number of benzene rings is 2. The lowest BCUT2D eigenvalue weighted by atomic mass is 10.1. The normalized spacial score (nSPS) is 12.4. The molecule has 2 aromatic carbocycles. The van der Waals surface area contributed by atoms with Crippen molar-refractivity contribution in [2.45, 2.75) is 26.3 Å². The maximum absolute atomic E-state index is 13.3. The Morgan fingerprint density at radius 2 is 1.88 bits per heavy atom. The first-order chi connectivity index (χ1) is 15.3. The molecule has 166 valence electrons. The predicted octanol–water partition coefficient (Wildman–Crippen LogP) is 5.52. The molecule has 1 aliphatic heterocycles. The molecule has 2 heterocycles. The van der Waals surface area contributed by atoms with Gasteiger partial charge in [0, 0.05) is 29.5 Å². The number of amides is 2. The number of thiophene rings is 1. The van der Waals surface area contributed by atoms with Crippen molar-refractivity contribution in [3.05, 3.63) is 69.6 Å². The number of hydrogen-bond acceptors (Lipinski definition) is 5. The highest BCUT2D eigenvalue weighted by Crippen LogP contribution is 2.41. The van der Waals surface area contributed by atoms with E-state index in [9.17, 15) is 14.8 Å². The Morgan fingerprint density at radius 3 is 2.59 bits per heavy atom. The molecule has 0 saturated heterocycles. The number of carbonyl (C=O) groups is 2. The molecule has 6 nitrogen and oxygen atoms in total. The van der Waals surface area contributed by atoms with Gasteiger partial charge in [-0.2, -0.15) is 0 Å². The van der Waals surface area contributed by atoms with Crippen LogP contribution >= 0.6 is 22.9 Å². The lowest BCUT2D eigenvalue weighted by molar-refractivity contribution is -0.0794. The van der Waals surface area contributed by atoms with Gasteiger partial charge in [0.1, 0.15) is 5.75 Å². The Bertz CT molecular complexity index is 1190. The van der Waals surface area contributed by atoms with Crippen LogP contribution in [-0.4, -0.2) is 41.8 Å². The van der Waals surface area contributed by atoms with Crippen LogP contribution in [0.25, 0.3) is 10.4 Å². The maximum Gasteiger partial charge on any atom is 0.277 e. The molecule has 0 saturated carbocycles. The number of rotatable bonds is 4. The molecular formula is C24H23ClN2O4S. The van der Waals surface area contributed by atoms with Crippen molar-refractivity contribution in [2.24, 2.45) is 0 Å². The Kier molecular flexibility index (Phi) is 6.24. The average molecular weight is 471 g/mol. The van der Waals surface area contributed by atoms with Gasteiger partial charge in [-0.15, -0.1) is 11.3 Å². The van der Waals surface area contributed by atoms with Crippen LogP contribution in [0.15, 0.2) is 48.5 Å². The summed E-state index contributed by atoms with van der Waals surface area (Å²) in [6, 6.07) is 14.0. The van der Waals surface area contributed by atoms with Crippen LogP contribution in [0.1, 0.15) is 39.4 Å². The molecule has 0 spiro atoms. The first-order valence-corrected chi connectivity index (χ1v) is 11.4. The van der Waals surface area contributed by atoms with Crippen molar-refractivity contribution in [3.8, 4) is 16.2 Å². The molecular weight excluding hydrogens is 448 g/mol. The summed E-state index contributed by atoms with van der Waals surface area (Å²) >= 11 is 7.85. The maximum atomic E-state index is 13.3. The Balaban J connectivity index is 1.61. The van der Waals surface area contributed by atoms with Crippen LogP contribution in [0, 0.1) is 0 Å². The van der Waals surface area contributed by atoms with Crippen LogP contribution in [-0.2, 0) is 6.42 Å². The van der Waals surface area contributed by atoms with Gasteiger partial charge in [-0.3, -0.25) is 14.8 Å². The lowest BCUT2D eigenvalue weighted by Crippen LogP contribution is -2.33. The minimum absolute atomic E-state index is 0.187. The number of anilines is 1. The summed E-state index contributed by atoms with van der Waals surface area (Å²) in [5.74, 6) is 0.0850. The van der Waals surface area contributed by atoms with E-state index in [0.29, 0.717) is 22.2 Å². The SMILES string of the molecule is CC(C)N(O)C(=O)c1ccc(N(C)C(=O)c2cc3c(s2)-c2ccccc2OCC3)c(Cl)c1. The van der Waals surface area contributed by atoms with Gasteiger partial charge in [0.25, 0.3) is 11.8 Å². The standard InChI is InChI=1S/C24H23ClN2O4S/c1-14(2)27(30)23(28)16-8-9-19(18(25)12-16)26(3)24(29)21-13-15-10-11-31-20-7-5-4-6-17(20)22(15)32-21/h4-9,12-14,30H,10-11H2,1-3H3. The number of carbonyl (C=O) groups excluding carboxylic acids is 2. The monoisotopic (exact) mass is 470 g/mol. The highest BCUT2D eigenvalue weighted by Gasteiger charge is 2.25. The van der Waals surface area contributed by atoms with Gasteiger partial charge in [-0.1, -0.05) is 23.7 Å². The van der Waals surface area contributed by atoms with E-state index in [2.05, 4.69) is 0 Å². The number of hydrogen-bond donors (Lipinski definition) is 1. The Labute approximate surface area is 195 Å². The van der Waals surface area contributed by atoms with Gasteiger partial charge in [0.05, 0.1) is 28.2 Å². The zero-order chi connectivity index (χ0) is 23.0. The van der Waals surface area contributed by atoms with Crippen LogP contribution in [0.3, 0.4) is 0 Å². The fraction of sp³-hybridized carbons (Fsp3) is 0.250. The van der Waals surface area contributed by atoms with Crippen molar-refractivity contribution in [1.29, 1.82) is 0 Å². The summed E-state index contributed by atoms with van der Waals surface area (Å²) in [6.45, 7) is 3.96. The molecule has 2 amide bonds. The van der Waals surface area contributed by atoms with E-state index in [1.54, 1.807) is 33.0 Å². The zero-order valence-corrected chi connectivity index (χ0v) is 19.5. The number of fused-ring (bicyclic) bond motifs is 3. The van der Waals surface area contributed by atoms with E-state index >= 15 is 0 Å². The van der Waals surface area contributed by atoms with Gasteiger partial charge < -0.3 is 9.64 Å². The van der Waals surface area contributed by atoms with Gasteiger partial charge in [-0.05, 0) is 55.8 Å². The third-order valence-corrected chi connectivity index (χ3v) is 6.84. The average Bonchev–Trinajstić information content (AvgIpc) is 3.13. The number of halogens is 1. The molecule has 0 aliphatic carbocycles. The number of ether oxygens (including phenoxy) is 1. The smallest absolute Gasteiger partial charge is 0.277 e. The molecule has 0 unspecified atom stereocenters. The number of para-hydroxylation sites is 1. The van der Waals surface area contributed by atoms with Gasteiger partial charge in [-0.25, -0.2) is 5.06 Å². The Morgan fingerprint density at radius 1 is 1.12 bits per heavy atom. The third kappa shape index (κ3) is 4.11. The summed E-state index contributed by atoms with van der Waals surface area (Å²) in [6.07, 6.45) is 0.725. The van der Waals surface area contributed by atoms with Crippen molar-refractivity contribution < 1.29 is 19.5 Å². The molecule has 1 aromatic heterocycles. The summed E-state index contributed by atoms with van der Waals surface area (Å²) < 4.78 is 5.83. The van der Waals surface area contributed by atoms with E-state index in [0.717, 1.165) is 28.2 Å². The topological polar surface area (TPSA) is 70.1 Å². The number of nitrogens with zero attached hydrogens (tertiary/aromatic N) is 2. The molecule has 0 bridgehead atoms. The summed E-state index contributed by atoms with van der Waals surface area (Å²) in [4.78, 5) is 28.7. The van der Waals surface area contributed by atoms with Crippen LogP contribution in [0.2, 0.25) is 5.02 Å². The van der Waals surface area contributed by atoms with Crippen molar-refractivity contribution in [1.82, 2.24) is 5.06 Å². The second kappa shape index (κ2) is 8.94. The van der Waals surface area contributed by atoms with Gasteiger partial charge in [0.15, 0.2) is 0 Å². The Hall–Kier alpha value is -2.87. The zero-order valence-electron chi connectivity index (χ0n) is 18.0. The third-order valence-electron chi connectivity index (χ3n) is 5.34. The molecule has 0 fully saturated rings. The predicted molar refractivity (Wildman–Crippen MR) is 126 cm³/mol. The summed E-state index contributed by atoms with van der Waals surface area (Å²) in [7, 11) is 1.65. The van der Waals surface area contributed by atoms with E-state index in [1.807, 2.05) is 30.3 Å². The quantitative estimate of drug-likeness (QED) is 0.402. The molecule has 1 aliphatic rings. The van der Waals surface area contributed by atoms with Gasteiger partial charge in [0.2, 0.25) is 0 Å². The molecule has 32 heavy (non-hydrogen) atoms. The first kappa shape index (κ1) is 22.3. The summed E-state index contributed by atoms with van der Waals surface area (Å²) in [5.41, 5.74) is 2.80. The lowest BCUT2D eigenvalue weighted by Gasteiger charge is -2.21. The highest BCUT2D eigenvalue weighted by molar-refractivity contribution is 7.17. The van der Waals surface area contributed by atoms with E-state index in [1.165, 1.54) is 22.3 Å². The van der Waals surface area contributed by atoms with Gasteiger partial charge >= 0.3 is 0 Å². The van der Waals surface area contributed by atoms with Crippen molar-refractivity contribution >= 4 is 40.4 Å². The van der Waals surface area contributed by atoms with E-state index < -0.39 is 5.91 Å². The second-order valence-corrected chi connectivity index (χ2v) is 9.29. The molecule has 0 radical (unpaired) electrons. The number of hydroxylamine groups is 2. The van der Waals surface area contributed by atoms with Crippen LogP contribution in [0.5, 0.6) is 5.75 Å². The molecule has 1 N–H and O–H groups in total. The minimum atomic E-state index is -0.551. The molecule has 4 rings (SSSR count). The van der Waals surface area contributed by atoms with E-state index in [-0.39, 0.29) is 22.5 Å². The fourth-order valence-electron chi connectivity index (χ4n) is 3.55. The van der Waals surface area contributed by atoms with Crippen LogP contribution in [0.4, 0.5) is 5.69 Å². The molecule has 0 atom stereocenters. The van der Waals surface area contributed by atoms with Crippen molar-refractivity contribution in [3.63, 3.8) is 0 Å². The largest absolute Gasteiger partial charge is 0.493 e. The molecule has 3 aromatic rings. The summed E-state index contributed by atoms with van der Waals surface area (Å²) in [5, 5.41) is 10.8. The fourth-order valence-corrected chi connectivity index (χ4v) is 5.08. The second-order valence-electron chi connectivity index (χ2n) is 7.83. The van der Waals surface area contributed by atoms with E-state index in [4.69, 9.17) is 16.3 Å². The minimum Gasteiger partial charge on any atom is -0.493 e. The molecule has 8 heteroatoms. The van der Waals surface area contributed by atoms with Crippen LogP contribution < -0.4 is 9.64 Å². The highest BCUT2D eigenvalue weighted by atomic mass is 35.5.